The van der Waals surface area contributed by atoms with Gasteiger partial charge in [0, 0.05) is 36.9 Å². The minimum absolute atomic E-state index is 0.0300. The number of rotatable bonds is 7. The smallest absolute Gasteiger partial charge is 0.220 e. The first-order chi connectivity index (χ1) is 12.2. The summed E-state index contributed by atoms with van der Waals surface area (Å²) in [6.45, 7) is 1.33. The molecule has 0 unspecified atom stereocenters. The number of amides is 1. The average Bonchev–Trinajstić information content (AvgIpc) is 3.13. The Kier molecular flexibility index (Phi) is 5.86. The van der Waals surface area contributed by atoms with Crippen molar-refractivity contribution in [2.45, 2.75) is 25.9 Å². The van der Waals surface area contributed by atoms with E-state index in [0.717, 1.165) is 17.7 Å². The zero-order valence-corrected chi connectivity index (χ0v) is 14.6. The second kappa shape index (κ2) is 8.49. The van der Waals surface area contributed by atoms with Crippen LogP contribution in [0.5, 0.6) is 0 Å². The molecule has 1 amide bonds. The molecule has 3 rings (SSSR count). The molecule has 1 N–H and O–H groups in total. The van der Waals surface area contributed by atoms with Gasteiger partial charge in [-0.3, -0.25) is 4.79 Å². The van der Waals surface area contributed by atoms with Crippen LogP contribution in [0.15, 0.2) is 67.3 Å². The highest BCUT2D eigenvalue weighted by Crippen LogP contribution is 2.16. The van der Waals surface area contributed by atoms with Crippen LogP contribution in [0.4, 0.5) is 0 Å². The van der Waals surface area contributed by atoms with E-state index in [1.54, 1.807) is 12.5 Å². The van der Waals surface area contributed by atoms with Gasteiger partial charge in [0.15, 0.2) is 0 Å². The van der Waals surface area contributed by atoms with Gasteiger partial charge in [0.25, 0.3) is 0 Å². The summed E-state index contributed by atoms with van der Waals surface area (Å²) in [6, 6.07) is 15.9. The molecule has 0 fully saturated rings. The number of carbonyl (C=O) groups is 1. The SMILES string of the molecule is O=C(CCc1ccccc1Cl)NCc1ccc(Cn2ccnc2)cc1. The van der Waals surface area contributed by atoms with E-state index in [1.807, 2.05) is 47.2 Å². The Hall–Kier alpha value is -2.59. The van der Waals surface area contributed by atoms with Gasteiger partial charge >= 0.3 is 0 Å². The third-order valence-electron chi connectivity index (χ3n) is 4.02. The number of benzene rings is 2. The second-order valence-electron chi connectivity index (χ2n) is 5.92. The van der Waals surface area contributed by atoms with Crippen molar-refractivity contribution in [3.05, 3.63) is 89.0 Å². The quantitative estimate of drug-likeness (QED) is 0.701. The highest BCUT2D eigenvalue weighted by Gasteiger charge is 2.05. The summed E-state index contributed by atoms with van der Waals surface area (Å²) < 4.78 is 2.02. The number of carbonyl (C=O) groups excluding carboxylic acids is 1. The van der Waals surface area contributed by atoms with Gasteiger partial charge in [-0.1, -0.05) is 54.1 Å². The molecule has 4 nitrogen and oxygen atoms in total. The van der Waals surface area contributed by atoms with Crippen LogP contribution >= 0.6 is 11.6 Å². The minimum atomic E-state index is 0.0300. The van der Waals surface area contributed by atoms with Gasteiger partial charge in [-0.05, 0) is 29.2 Å². The maximum Gasteiger partial charge on any atom is 0.220 e. The van der Waals surface area contributed by atoms with Crippen molar-refractivity contribution in [2.75, 3.05) is 0 Å². The van der Waals surface area contributed by atoms with Gasteiger partial charge in [0.1, 0.15) is 0 Å². The zero-order chi connectivity index (χ0) is 17.5. The molecule has 0 aliphatic carbocycles. The molecule has 3 aromatic rings. The Morgan fingerprint density at radius 1 is 1.08 bits per heavy atom. The van der Waals surface area contributed by atoms with E-state index in [4.69, 9.17) is 11.6 Å². The largest absolute Gasteiger partial charge is 0.352 e. The molecule has 1 heterocycles. The zero-order valence-electron chi connectivity index (χ0n) is 13.9. The third-order valence-corrected chi connectivity index (χ3v) is 4.38. The Balaban J connectivity index is 1.45. The van der Waals surface area contributed by atoms with Crippen LogP contribution in [0.1, 0.15) is 23.1 Å². The lowest BCUT2D eigenvalue weighted by molar-refractivity contribution is -0.121. The van der Waals surface area contributed by atoms with Gasteiger partial charge in [-0.2, -0.15) is 0 Å². The van der Waals surface area contributed by atoms with Gasteiger partial charge in [0.2, 0.25) is 5.91 Å². The number of hydrogen-bond acceptors (Lipinski definition) is 2. The molecule has 0 radical (unpaired) electrons. The standard InChI is InChI=1S/C20H20ClN3O/c21-19-4-2-1-3-18(19)9-10-20(25)23-13-16-5-7-17(8-6-16)14-24-12-11-22-15-24/h1-8,11-12,15H,9-10,13-14H2,(H,23,25). The molecule has 0 atom stereocenters. The van der Waals surface area contributed by atoms with E-state index in [1.165, 1.54) is 5.56 Å². The van der Waals surface area contributed by atoms with Gasteiger partial charge in [0.05, 0.1) is 6.33 Å². The van der Waals surface area contributed by atoms with Crippen molar-refractivity contribution in [1.82, 2.24) is 14.9 Å². The van der Waals surface area contributed by atoms with Crippen molar-refractivity contribution in [2.24, 2.45) is 0 Å². The van der Waals surface area contributed by atoms with Crippen LogP contribution < -0.4 is 5.32 Å². The highest BCUT2D eigenvalue weighted by atomic mass is 35.5. The lowest BCUT2D eigenvalue weighted by Gasteiger charge is -2.08. The molecule has 0 aliphatic heterocycles. The predicted octanol–water partition coefficient (Wildman–Crippen LogP) is 3.83. The molecule has 0 saturated carbocycles. The summed E-state index contributed by atoms with van der Waals surface area (Å²) in [5, 5.41) is 3.67. The fourth-order valence-electron chi connectivity index (χ4n) is 2.59. The fourth-order valence-corrected chi connectivity index (χ4v) is 2.82. The van der Waals surface area contributed by atoms with Crippen LogP contribution in [0, 0.1) is 0 Å². The fraction of sp³-hybridized carbons (Fsp3) is 0.200. The maximum absolute atomic E-state index is 12.0. The van der Waals surface area contributed by atoms with E-state index in [0.29, 0.717) is 24.4 Å². The predicted molar refractivity (Wildman–Crippen MR) is 99.4 cm³/mol. The number of nitrogens with one attached hydrogen (secondary N) is 1. The number of aromatic nitrogens is 2. The molecule has 0 bridgehead atoms. The third kappa shape index (κ3) is 5.19. The van der Waals surface area contributed by atoms with E-state index < -0.39 is 0 Å². The first-order valence-corrected chi connectivity index (χ1v) is 8.62. The lowest BCUT2D eigenvalue weighted by atomic mass is 10.1. The summed E-state index contributed by atoms with van der Waals surface area (Å²) in [5.41, 5.74) is 3.29. The molecule has 1 aromatic heterocycles. The Morgan fingerprint density at radius 2 is 1.84 bits per heavy atom. The molecule has 0 saturated heterocycles. The van der Waals surface area contributed by atoms with Crippen molar-refractivity contribution >= 4 is 17.5 Å². The molecule has 128 valence electrons. The normalized spacial score (nSPS) is 10.6. The van der Waals surface area contributed by atoms with Crippen LogP contribution in [0.2, 0.25) is 5.02 Å². The number of hydrogen-bond donors (Lipinski definition) is 1. The first kappa shape index (κ1) is 17.2. The molecule has 25 heavy (non-hydrogen) atoms. The van der Waals surface area contributed by atoms with Crippen molar-refractivity contribution in [1.29, 1.82) is 0 Å². The van der Waals surface area contributed by atoms with Crippen LogP contribution in [0.3, 0.4) is 0 Å². The molecular formula is C20H20ClN3O. The van der Waals surface area contributed by atoms with Crippen LogP contribution in [-0.2, 0) is 24.3 Å². The molecular weight excluding hydrogens is 334 g/mol. The minimum Gasteiger partial charge on any atom is -0.352 e. The van der Waals surface area contributed by atoms with E-state index >= 15 is 0 Å². The van der Waals surface area contributed by atoms with Crippen molar-refractivity contribution in [3.63, 3.8) is 0 Å². The van der Waals surface area contributed by atoms with E-state index in [9.17, 15) is 4.79 Å². The first-order valence-electron chi connectivity index (χ1n) is 8.24. The van der Waals surface area contributed by atoms with E-state index in [-0.39, 0.29) is 5.91 Å². The van der Waals surface area contributed by atoms with Gasteiger partial charge in [-0.15, -0.1) is 0 Å². The Bertz CT molecular complexity index is 813. The lowest BCUT2D eigenvalue weighted by Crippen LogP contribution is -2.23. The van der Waals surface area contributed by atoms with Gasteiger partial charge in [-0.25, -0.2) is 4.98 Å². The average molecular weight is 354 g/mol. The molecule has 5 heteroatoms. The van der Waals surface area contributed by atoms with Crippen molar-refractivity contribution in [3.8, 4) is 0 Å². The Labute approximate surface area is 152 Å². The monoisotopic (exact) mass is 353 g/mol. The van der Waals surface area contributed by atoms with Crippen LogP contribution in [0.25, 0.3) is 0 Å². The number of nitrogens with zero attached hydrogens (tertiary/aromatic N) is 2. The summed E-state index contributed by atoms with van der Waals surface area (Å²) in [5.74, 6) is 0.0300. The molecule has 0 spiro atoms. The summed E-state index contributed by atoms with van der Waals surface area (Å²) >= 11 is 6.11. The highest BCUT2D eigenvalue weighted by molar-refractivity contribution is 6.31. The van der Waals surface area contributed by atoms with E-state index in [2.05, 4.69) is 22.4 Å². The summed E-state index contributed by atoms with van der Waals surface area (Å²) in [7, 11) is 0. The number of imidazole rings is 1. The van der Waals surface area contributed by atoms with Gasteiger partial charge < -0.3 is 9.88 Å². The Morgan fingerprint density at radius 3 is 2.56 bits per heavy atom. The van der Waals surface area contributed by atoms with Crippen LogP contribution in [-0.4, -0.2) is 15.5 Å². The molecule has 0 aliphatic rings. The van der Waals surface area contributed by atoms with Crippen molar-refractivity contribution < 1.29 is 4.79 Å². The molecule has 2 aromatic carbocycles. The second-order valence-corrected chi connectivity index (χ2v) is 6.33. The topological polar surface area (TPSA) is 46.9 Å². The summed E-state index contributed by atoms with van der Waals surface area (Å²) in [6.07, 6.45) is 6.59. The maximum atomic E-state index is 12.0. The number of aryl methyl sites for hydroxylation is 1. The summed E-state index contributed by atoms with van der Waals surface area (Å²) in [4.78, 5) is 16.1. The number of halogens is 1.